The van der Waals surface area contributed by atoms with Gasteiger partial charge in [-0.05, 0) is 23.8 Å². The van der Waals surface area contributed by atoms with Gasteiger partial charge in [0, 0.05) is 24.5 Å². The molecule has 3 rings (SSSR count). The Labute approximate surface area is 123 Å². The quantitative estimate of drug-likeness (QED) is 0.801. The first-order valence-corrected chi connectivity index (χ1v) is 6.94. The van der Waals surface area contributed by atoms with Crippen molar-refractivity contribution in [2.75, 3.05) is 0 Å². The predicted octanol–water partition coefficient (Wildman–Crippen LogP) is 3.47. The van der Waals surface area contributed by atoms with Crippen LogP contribution in [0.5, 0.6) is 0 Å². The largest absolute Gasteiger partial charge is 0.331 e. The van der Waals surface area contributed by atoms with Crippen molar-refractivity contribution < 1.29 is 0 Å². The van der Waals surface area contributed by atoms with Crippen molar-refractivity contribution in [3.8, 4) is 0 Å². The molecule has 1 atom stereocenters. The molecule has 1 unspecified atom stereocenters. The third kappa shape index (κ3) is 2.42. The number of hydrogen-bond acceptors (Lipinski definition) is 2. The maximum Gasteiger partial charge on any atom is 0.111 e. The number of halogens is 1. The van der Waals surface area contributed by atoms with E-state index in [0.29, 0.717) is 6.42 Å². The Hall–Kier alpha value is -1.84. The molecule has 2 N–H and O–H groups in total. The van der Waals surface area contributed by atoms with Crippen molar-refractivity contribution in [3.63, 3.8) is 0 Å². The first-order chi connectivity index (χ1) is 9.65. The Morgan fingerprint density at radius 1 is 1.20 bits per heavy atom. The van der Waals surface area contributed by atoms with E-state index >= 15 is 0 Å². The van der Waals surface area contributed by atoms with Crippen LogP contribution in [0, 0.1) is 0 Å². The fraction of sp³-hybridized carbons (Fsp3) is 0.188. The Kier molecular flexibility index (Phi) is 3.47. The lowest BCUT2D eigenvalue weighted by Gasteiger charge is -2.11. The van der Waals surface area contributed by atoms with Gasteiger partial charge < -0.3 is 10.3 Å². The van der Waals surface area contributed by atoms with Crippen LogP contribution in [0.2, 0.25) is 5.02 Å². The third-order valence-electron chi connectivity index (χ3n) is 3.57. The van der Waals surface area contributed by atoms with E-state index in [0.717, 1.165) is 27.4 Å². The van der Waals surface area contributed by atoms with Gasteiger partial charge in [-0.1, -0.05) is 41.9 Å². The minimum atomic E-state index is -0.0535. The number of imidazole rings is 1. The number of nitrogens with zero attached hydrogens (tertiary/aromatic N) is 2. The van der Waals surface area contributed by atoms with Crippen molar-refractivity contribution in [1.29, 1.82) is 0 Å². The summed E-state index contributed by atoms with van der Waals surface area (Å²) in [5.41, 5.74) is 9.38. The molecule has 2 aromatic carbocycles. The molecule has 0 aliphatic carbocycles. The van der Waals surface area contributed by atoms with Gasteiger partial charge in [0.1, 0.15) is 5.82 Å². The van der Waals surface area contributed by atoms with Gasteiger partial charge in [0.25, 0.3) is 0 Å². The second-order valence-electron chi connectivity index (χ2n) is 4.94. The summed E-state index contributed by atoms with van der Waals surface area (Å²) in [5, 5.41) is 0.722. The van der Waals surface area contributed by atoms with Gasteiger partial charge in [-0.25, -0.2) is 4.98 Å². The van der Waals surface area contributed by atoms with E-state index in [-0.39, 0.29) is 6.04 Å². The zero-order valence-electron chi connectivity index (χ0n) is 11.3. The maximum atomic E-state index is 6.27. The van der Waals surface area contributed by atoms with Crippen LogP contribution in [0.3, 0.4) is 0 Å². The fourth-order valence-corrected chi connectivity index (χ4v) is 2.58. The first-order valence-electron chi connectivity index (χ1n) is 6.56. The lowest BCUT2D eigenvalue weighted by molar-refractivity contribution is 0.665. The normalized spacial score (nSPS) is 12.8. The summed E-state index contributed by atoms with van der Waals surface area (Å²) >= 11 is 6.04. The molecule has 3 aromatic rings. The second-order valence-corrected chi connectivity index (χ2v) is 5.38. The molecule has 0 saturated heterocycles. The number of aromatic nitrogens is 2. The van der Waals surface area contributed by atoms with Crippen LogP contribution < -0.4 is 5.73 Å². The van der Waals surface area contributed by atoms with Gasteiger partial charge in [-0.15, -0.1) is 0 Å². The smallest absolute Gasteiger partial charge is 0.111 e. The number of aryl methyl sites for hydroxylation is 1. The monoisotopic (exact) mass is 285 g/mol. The highest BCUT2D eigenvalue weighted by Gasteiger charge is 2.13. The second kappa shape index (κ2) is 5.27. The van der Waals surface area contributed by atoms with Crippen molar-refractivity contribution in [2.45, 2.75) is 12.5 Å². The topological polar surface area (TPSA) is 43.8 Å². The van der Waals surface area contributed by atoms with E-state index in [1.54, 1.807) is 0 Å². The Morgan fingerprint density at radius 2 is 1.95 bits per heavy atom. The summed E-state index contributed by atoms with van der Waals surface area (Å²) in [6, 6.07) is 15.8. The fourth-order valence-electron chi connectivity index (χ4n) is 2.41. The number of hydrogen-bond donors (Lipinski definition) is 1. The summed E-state index contributed by atoms with van der Waals surface area (Å²) < 4.78 is 2.06. The van der Waals surface area contributed by atoms with Gasteiger partial charge in [0.2, 0.25) is 0 Å². The molecule has 0 amide bonds. The number of benzene rings is 2. The first kappa shape index (κ1) is 13.2. The molecular weight excluding hydrogens is 270 g/mol. The molecule has 0 saturated carbocycles. The van der Waals surface area contributed by atoms with E-state index in [2.05, 4.69) is 9.55 Å². The van der Waals surface area contributed by atoms with E-state index in [9.17, 15) is 0 Å². The molecule has 0 spiro atoms. The lowest BCUT2D eigenvalue weighted by atomic mass is 10.0. The van der Waals surface area contributed by atoms with Crippen LogP contribution in [-0.2, 0) is 13.5 Å². The molecule has 3 nitrogen and oxygen atoms in total. The minimum absolute atomic E-state index is 0.0535. The highest BCUT2D eigenvalue weighted by atomic mass is 35.5. The van der Waals surface area contributed by atoms with Gasteiger partial charge in [-0.3, -0.25) is 0 Å². The van der Waals surface area contributed by atoms with Crippen molar-refractivity contribution >= 4 is 22.6 Å². The molecule has 20 heavy (non-hydrogen) atoms. The van der Waals surface area contributed by atoms with Crippen LogP contribution in [-0.4, -0.2) is 9.55 Å². The number of fused-ring (bicyclic) bond motifs is 1. The van der Waals surface area contributed by atoms with Crippen LogP contribution >= 0.6 is 11.6 Å². The van der Waals surface area contributed by atoms with Crippen molar-refractivity contribution in [3.05, 3.63) is 64.9 Å². The van der Waals surface area contributed by atoms with Crippen LogP contribution in [0.4, 0.5) is 0 Å². The SMILES string of the molecule is Cn1c(CC(N)c2ccccc2)nc2ccc(Cl)cc21. The van der Waals surface area contributed by atoms with E-state index in [1.165, 1.54) is 0 Å². The average molecular weight is 286 g/mol. The summed E-state index contributed by atoms with van der Waals surface area (Å²) in [4.78, 5) is 4.64. The molecule has 0 aliphatic rings. The summed E-state index contributed by atoms with van der Waals surface area (Å²) in [7, 11) is 2.00. The lowest BCUT2D eigenvalue weighted by Crippen LogP contribution is -2.15. The van der Waals surface area contributed by atoms with E-state index < -0.39 is 0 Å². The minimum Gasteiger partial charge on any atom is -0.331 e. The molecule has 0 fully saturated rings. The summed E-state index contributed by atoms with van der Waals surface area (Å²) in [6.07, 6.45) is 0.701. The standard InChI is InChI=1S/C16H16ClN3/c1-20-15-9-12(17)7-8-14(15)19-16(20)10-13(18)11-5-3-2-4-6-11/h2-9,13H,10,18H2,1H3. The number of nitrogens with two attached hydrogens (primary N) is 1. The van der Waals surface area contributed by atoms with Crippen molar-refractivity contribution in [2.24, 2.45) is 12.8 Å². The van der Waals surface area contributed by atoms with Gasteiger partial charge in [0.15, 0.2) is 0 Å². The zero-order chi connectivity index (χ0) is 14.1. The van der Waals surface area contributed by atoms with Crippen molar-refractivity contribution in [1.82, 2.24) is 9.55 Å². The van der Waals surface area contributed by atoms with Crippen LogP contribution in [0.15, 0.2) is 48.5 Å². The van der Waals surface area contributed by atoms with Crippen LogP contribution in [0.1, 0.15) is 17.4 Å². The number of rotatable bonds is 3. The average Bonchev–Trinajstić information content (AvgIpc) is 2.76. The molecule has 0 radical (unpaired) electrons. The van der Waals surface area contributed by atoms with E-state index in [1.807, 2.05) is 55.6 Å². The molecule has 4 heteroatoms. The molecular formula is C16H16ClN3. The molecule has 102 valence electrons. The zero-order valence-corrected chi connectivity index (χ0v) is 12.0. The highest BCUT2D eigenvalue weighted by molar-refractivity contribution is 6.31. The van der Waals surface area contributed by atoms with Gasteiger partial charge in [0.05, 0.1) is 11.0 Å². The molecule has 0 aliphatic heterocycles. The predicted molar refractivity (Wildman–Crippen MR) is 82.8 cm³/mol. The molecule has 0 bridgehead atoms. The Bertz CT molecular complexity index is 734. The molecule has 1 aromatic heterocycles. The van der Waals surface area contributed by atoms with Crippen LogP contribution in [0.25, 0.3) is 11.0 Å². The Morgan fingerprint density at radius 3 is 2.70 bits per heavy atom. The van der Waals surface area contributed by atoms with E-state index in [4.69, 9.17) is 17.3 Å². The van der Waals surface area contributed by atoms with Gasteiger partial charge in [-0.2, -0.15) is 0 Å². The summed E-state index contributed by atoms with van der Waals surface area (Å²) in [6.45, 7) is 0. The molecule has 1 heterocycles. The maximum absolute atomic E-state index is 6.27. The Balaban J connectivity index is 1.93. The highest BCUT2D eigenvalue weighted by Crippen LogP contribution is 2.22. The third-order valence-corrected chi connectivity index (χ3v) is 3.80. The summed E-state index contributed by atoms with van der Waals surface area (Å²) in [5.74, 6) is 0.971. The van der Waals surface area contributed by atoms with Gasteiger partial charge >= 0.3 is 0 Å².